The van der Waals surface area contributed by atoms with Gasteiger partial charge in [-0.15, -0.1) is 11.3 Å². The molecule has 0 bridgehead atoms. The molecule has 0 amide bonds. The molecular formula is C15H20N2S. The van der Waals surface area contributed by atoms with E-state index >= 15 is 0 Å². The topological polar surface area (TPSA) is 38.9 Å². The second kappa shape index (κ2) is 5.63. The zero-order valence-corrected chi connectivity index (χ0v) is 12.0. The lowest BCUT2D eigenvalue weighted by Gasteiger charge is -2.17. The summed E-state index contributed by atoms with van der Waals surface area (Å²) >= 11 is 1.78. The van der Waals surface area contributed by atoms with Crippen LogP contribution in [-0.2, 0) is 0 Å². The normalized spacial score (nSPS) is 12.9. The van der Waals surface area contributed by atoms with Crippen LogP contribution in [0.3, 0.4) is 0 Å². The Labute approximate surface area is 113 Å². The van der Waals surface area contributed by atoms with Crippen molar-refractivity contribution in [1.82, 2.24) is 4.98 Å². The number of aryl methyl sites for hydroxylation is 1. The molecule has 0 radical (unpaired) electrons. The maximum absolute atomic E-state index is 5.90. The van der Waals surface area contributed by atoms with Crippen LogP contribution in [0, 0.1) is 12.8 Å². The lowest BCUT2D eigenvalue weighted by atomic mass is 9.93. The van der Waals surface area contributed by atoms with Gasteiger partial charge in [-0.2, -0.15) is 0 Å². The first-order valence-corrected chi connectivity index (χ1v) is 7.18. The maximum Gasteiger partial charge on any atom is 0.123 e. The Morgan fingerprint density at radius 1 is 1.22 bits per heavy atom. The quantitative estimate of drug-likeness (QED) is 0.907. The van der Waals surface area contributed by atoms with Gasteiger partial charge in [-0.1, -0.05) is 44.2 Å². The summed E-state index contributed by atoms with van der Waals surface area (Å²) in [7, 11) is 0. The predicted molar refractivity (Wildman–Crippen MR) is 78.9 cm³/mol. The van der Waals surface area contributed by atoms with Crippen molar-refractivity contribution in [3.8, 4) is 10.6 Å². The van der Waals surface area contributed by atoms with Gasteiger partial charge < -0.3 is 5.73 Å². The molecule has 0 saturated carbocycles. The van der Waals surface area contributed by atoms with Crippen LogP contribution >= 0.6 is 11.3 Å². The second-order valence-electron chi connectivity index (χ2n) is 4.92. The Kier molecular flexibility index (Phi) is 4.15. The Bertz CT molecular complexity index is 502. The number of thiazole rings is 1. The minimum atomic E-state index is 0.417. The minimum Gasteiger partial charge on any atom is -0.330 e. The second-order valence-corrected chi connectivity index (χ2v) is 5.95. The van der Waals surface area contributed by atoms with Crippen molar-refractivity contribution in [2.75, 3.05) is 6.54 Å². The van der Waals surface area contributed by atoms with E-state index in [-0.39, 0.29) is 0 Å². The molecule has 2 aromatic rings. The minimum absolute atomic E-state index is 0.417. The number of benzene rings is 1. The summed E-state index contributed by atoms with van der Waals surface area (Å²) in [4.78, 5) is 6.03. The van der Waals surface area contributed by atoms with Gasteiger partial charge in [0.1, 0.15) is 5.01 Å². The fourth-order valence-corrected chi connectivity index (χ4v) is 3.50. The monoisotopic (exact) mass is 260 g/mol. The Hall–Kier alpha value is -1.19. The molecule has 0 aliphatic carbocycles. The molecule has 0 spiro atoms. The average molecular weight is 260 g/mol. The molecule has 0 fully saturated rings. The number of nitrogens with two attached hydrogens (primary N) is 1. The Morgan fingerprint density at radius 2 is 1.89 bits per heavy atom. The standard InChI is InChI=1S/C15H20N2S/c1-10(2)13(9-16)14-11(3)17-15(18-14)12-7-5-4-6-8-12/h4-8,10,13H,9,16H2,1-3H3. The first-order chi connectivity index (χ1) is 8.63. The summed E-state index contributed by atoms with van der Waals surface area (Å²) in [6.07, 6.45) is 0. The van der Waals surface area contributed by atoms with Crippen molar-refractivity contribution >= 4 is 11.3 Å². The van der Waals surface area contributed by atoms with E-state index in [1.54, 1.807) is 11.3 Å². The van der Waals surface area contributed by atoms with E-state index in [1.165, 1.54) is 10.4 Å². The van der Waals surface area contributed by atoms with E-state index in [0.29, 0.717) is 18.4 Å². The van der Waals surface area contributed by atoms with E-state index in [0.717, 1.165) is 10.7 Å². The summed E-state index contributed by atoms with van der Waals surface area (Å²) < 4.78 is 0. The molecule has 96 valence electrons. The smallest absolute Gasteiger partial charge is 0.123 e. The van der Waals surface area contributed by atoms with Gasteiger partial charge >= 0.3 is 0 Å². The van der Waals surface area contributed by atoms with Crippen LogP contribution in [0.1, 0.15) is 30.3 Å². The van der Waals surface area contributed by atoms with Gasteiger partial charge in [-0.3, -0.25) is 0 Å². The summed E-state index contributed by atoms with van der Waals surface area (Å²) in [5.74, 6) is 0.970. The highest BCUT2D eigenvalue weighted by Gasteiger charge is 2.20. The van der Waals surface area contributed by atoms with E-state index in [1.807, 2.05) is 6.07 Å². The van der Waals surface area contributed by atoms with Crippen molar-refractivity contribution in [3.63, 3.8) is 0 Å². The van der Waals surface area contributed by atoms with Crippen molar-refractivity contribution in [3.05, 3.63) is 40.9 Å². The van der Waals surface area contributed by atoms with Crippen LogP contribution in [0.5, 0.6) is 0 Å². The van der Waals surface area contributed by atoms with E-state index in [9.17, 15) is 0 Å². The highest BCUT2D eigenvalue weighted by atomic mass is 32.1. The molecule has 2 N–H and O–H groups in total. The summed E-state index contributed by atoms with van der Waals surface area (Å²) in [6, 6.07) is 10.3. The SMILES string of the molecule is Cc1nc(-c2ccccc2)sc1C(CN)C(C)C. The van der Waals surface area contributed by atoms with E-state index in [2.05, 4.69) is 45.0 Å². The van der Waals surface area contributed by atoms with Gasteiger partial charge in [0.2, 0.25) is 0 Å². The molecule has 0 aliphatic rings. The van der Waals surface area contributed by atoms with Crippen molar-refractivity contribution in [1.29, 1.82) is 0 Å². The third-order valence-electron chi connectivity index (χ3n) is 3.25. The van der Waals surface area contributed by atoms with Gasteiger partial charge in [0.25, 0.3) is 0 Å². The van der Waals surface area contributed by atoms with Gasteiger partial charge in [-0.05, 0) is 12.8 Å². The van der Waals surface area contributed by atoms with E-state index < -0.39 is 0 Å². The lowest BCUT2D eigenvalue weighted by Crippen LogP contribution is -2.17. The van der Waals surface area contributed by atoms with E-state index in [4.69, 9.17) is 10.7 Å². The van der Waals surface area contributed by atoms with Crippen LogP contribution in [0.25, 0.3) is 10.6 Å². The Morgan fingerprint density at radius 3 is 2.44 bits per heavy atom. The first-order valence-electron chi connectivity index (χ1n) is 6.36. The third kappa shape index (κ3) is 2.62. The van der Waals surface area contributed by atoms with Gasteiger partial charge in [0.05, 0.1) is 5.69 Å². The van der Waals surface area contributed by atoms with Gasteiger partial charge in [-0.25, -0.2) is 4.98 Å². The zero-order chi connectivity index (χ0) is 13.1. The molecule has 1 aromatic heterocycles. The number of nitrogens with zero attached hydrogens (tertiary/aromatic N) is 1. The molecule has 3 heteroatoms. The summed E-state index contributed by atoms with van der Waals surface area (Å²) in [5, 5.41) is 1.10. The maximum atomic E-state index is 5.90. The molecule has 0 saturated heterocycles. The molecule has 1 aromatic carbocycles. The Balaban J connectivity index is 2.38. The van der Waals surface area contributed by atoms with Crippen molar-refractivity contribution < 1.29 is 0 Å². The first kappa shape index (κ1) is 13.2. The third-order valence-corrected chi connectivity index (χ3v) is 4.59. The molecule has 1 unspecified atom stereocenters. The lowest BCUT2D eigenvalue weighted by molar-refractivity contribution is 0.510. The van der Waals surface area contributed by atoms with Crippen LogP contribution in [0.4, 0.5) is 0 Å². The highest BCUT2D eigenvalue weighted by Crippen LogP contribution is 2.35. The van der Waals surface area contributed by atoms with Crippen molar-refractivity contribution in [2.45, 2.75) is 26.7 Å². The molecule has 1 atom stereocenters. The predicted octanol–water partition coefficient (Wildman–Crippen LogP) is 3.82. The molecule has 2 rings (SSSR count). The highest BCUT2D eigenvalue weighted by molar-refractivity contribution is 7.15. The summed E-state index contributed by atoms with van der Waals surface area (Å²) in [6.45, 7) is 7.22. The van der Waals surface area contributed by atoms with Gasteiger partial charge in [0, 0.05) is 22.9 Å². The zero-order valence-electron chi connectivity index (χ0n) is 11.2. The molecule has 0 aliphatic heterocycles. The number of hydrogen-bond acceptors (Lipinski definition) is 3. The summed E-state index contributed by atoms with van der Waals surface area (Å²) in [5.41, 5.74) is 8.22. The molecule has 2 nitrogen and oxygen atoms in total. The van der Waals surface area contributed by atoms with Crippen molar-refractivity contribution in [2.24, 2.45) is 11.7 Å². The average Bonchev–Trinajstić information content (AvgIpc) is 2.73. The number of aromatic nitrogens is 1. The van der Waals surface area contributed by atoms with Crippen LogP contribution in [0.2, 0.25) is 0 Å². The van der Waals surface area contributed by atoms with Crippen LogP contribution in [-0.4, -0.2) is 11.5 Å². The fourth-order valence-electron chi connectivity index (χ4n) is 2.14. The molecule has 18 heavy (non-hydrogen) atoms. The van der Waals surface area contributed by atoms with Crippen LogP contribution in [0.15, 0.2) is 30.3 Å². The molecular weight excluding hydrogens is 240 g/mol. The number of hydrogen-bond donors (Lipinski definition) is 1. The fraction of sp³-hybridized carbons (Fsp3) is 0.400. The van der Waals surface area contributed by atoms with Gasteiger partial charge in [0.15, 0.2) is 0 Å². The number of rotatable bonds is 4. The van der Waals surface area contributed by atoms with Crippen LogP contribution < -0.4 is 5.73 Å². The largest absolute Gasteiger partial charge is 0.330 e. The molecule has 1 heterocycles.